The molecule has 1 aromatic heterocycles. The van der Waals surface area contributed by atoms with Crippen LogP contribution in [0.3, 0.4) is 0 Å². The molecule has 3 nitrogen and oxygen atoms in total. The largest absolute Gasteiger partial charge is 0.494 e. The van der Waals surface area contributed by atoms with Crippen LogP contribution >= 0.6 is 11.6 Å². The summed E-state index contributed by atoms with van der Waals surface area (Å²) in [4.78, 5) is 4.47. The quantitative estimate of drug-likeness (QED) is 0.392. The minimum absolute atomic E-state index is 0.691. The minimum Gasteiger partial charge on any atom is -0.494 e. The molecule has 2 N–H and O–H groups in total. The smallest absolute Gasteiger partial charge is 0.119 e. The van der Waals surface area contributed by atoms with Crippen LogP contribution in [0, 0.1) is 23.7 Å². The van der Waals surface area contributed by atoms with Crippen molar-refractivity contribution >= 4 is 11.6 Å². The molecule has 3 aromatic rings. The van der Waals surface area contributed by atoms with Crippen molar-refractivity contribution in [2.24, 2.45) is 17.6 Å². The first-order valence-corrected chi connectivity index (χ1v) is 11.7. The van der Waals surface area contributed by atoms with E-state index in [9.17, 15) is 0 Å². The SMILES string of the molecule is NCCC(CCOc1ccc(C#Cc2ccc(-c3ccc(Cl)cc3)cn2)cc1)CC1CC1. The molecule has 0 bridgehead atoms. The molecule has 1 saturated carbocycles. The van der Waals surface area contributed by atoms with E-state index in [2.05, 4.69) is 16.8 Å². The van der Waals surface area contributed by atoms with Gasteiger partial charge in [-0.05, 0) is 91.6 Å². The number of benzene rings is 2. The number of aromatic nitrogens is 1. The van der Waals surface area contributed by atoms with Gasteiger partial charge in [0.15, 0.2) is 0 Å². The van der Waals surface area contributed by atoms with Gasteiger partial charge in [-0.1, -0.05) is 48.6 Å². The van der Waals surface area contributed by atoms with Crippen LogP contribution in [0.5, 0.6) is 5.75 Å². The van der Waals surface area contributed by atoms with E-state index in [-0.39, 0.29) is 0 Å². The van der Waals surface area contributed by atoms with Crippen LogP contribution in [0.25, 0.3) is 11.1 Å². The van der Waals surface area contributed by atoms with Crippen molar-refractivity contribution in [1.82, 2.24) is 4.98 Å². The number of hydrogen-bond donors (Lipinski definition) is 1. The van der Waals surface area contributed by atoms with E-state index in [0.717, 1.165) is 65.1 Å². The highest BCUT2D eigenvalue weighted by atomic mass is 35.5. The monoisotopic (exact) mass is 444 g/mol. The van der Waals surface area contributed by atoms with Crippen LogP contribution in [-0.4, -0.2) is 18.1 Å². The van der Waals surface area contributed by atoms with E-state index in [4.69, 9.17) is 22.1 Å². The second-order valence-corrected chi connectivity index (χ2v) is 8.91. The maximum absolute atomic E-state index is 5.96. The summed E-state index contributed by atoms with van der Waals surface area (Å²) in [5.74, 6) is 8.82. The van der Waals surface area contributed by atoms with Crippen molar-refractivity contribution in [2.45, 2.75) is 32.1 Å². The van der Waals surface area contributed by atoms with Crippen LogP contribution in [-0.2, 0) is 0 Å². The van der Waals surface area contributed by atoms with E-state index in [0.29, 0.717) is 5.92 Å². The van der Waals surface area contributed by atoms with Gasteiger partial charge in [-0.25, -0.2) is 4.98 Å². The molecule has 0 spiro atoms. The lowest BCUT2D eigenvalue weighted by atomic mass is 9.95. The molecular weight excluding hydrogens is 416 g/mol. The highest BCUT2D eigenvalue weighted by Gasteiger charge is 2.25. The molecule has 1 aliphatic rings. The van der Waals surface area contributed by atoms with Gasteiger partial charge < -0.3 is 10.5 Å². The first-order chi connectivity index (χ1) is 15.7. The summed E-state index contributed by atoms with van der Waals surface area (Å²) in [6, 6.07) is 19.7. The molecule has 2 aromatic carbocycles. The third kappa shape index (κ3) is 6.85. The number of pyridine rings is 1. The normalized spacial score (nSPS) is 13.8. The molecule has 164 valence electrons. The molecule has 1 fully saturated rings. The summed E-state index contributed by atoms with van der Waals surface area (Å²) >= 11 is 5.95. The van der Waals surface area contributed by atoms with Crippen molar-refractivity contribution in [1.29, 1.82) is 0 Å². The summed E-state index contributed by atoms with van der Waals surface area (Å²) < 4.78 is 5.96. The minimum atomic E-state index is 0.691. The van der Waals surface area contributed by atoms with Crippen molar-refractivity contribution in [3.63, 3.8) is 0 Å². The first-order valence-electron chi connectivity index (χ1n) is 11.4. The fraction of sp³-hybridized carbons (Fsp3) is 0.321. The number of halogens is 1. The molecule has 1 unspecified atom stereocenters. The third-order valence-corrected chi connectivity index (χ3v) is 6.12. The van der Waals surface area contributed by atoms with Crippen LogP contribution in [0.4, 0.5) is 0 Å². The Morgan fingerprint density at radius 3 is 2.34 bits per heavy atom. The topological polar surface area (TPSA) is 48.1 Å². The van der Waals surface area contributed by atoms with Crippen molar-refractivity contribution < 1.29 is 4.74 Å². The fourth-order valence-corrected chi connectivity index (χ4v) is 3.96. The van der Waals surface area contributed by atoms with Crippen LogP contribution < -0.4 is 10.5 Å². The Labute approximate surface area is 196 Å². The molecule has 0 amide bonds. The van der Waals surface area contributed by atoms with E-state index in [1.54, 1.807) is 0 Å². The standard InChI is InChI=1S/C28H29ClN2O/c29-26-9-6-24(7-10-26)25-8-12-27(31-20-25)11-3-21-4-13-28(14-5-21)32-18-16-23(15-17-30)19-22-1-2-22/h4-10,12-14,20,22-23H,1-2,15-19,30H2. The molecule has 1 atom stereocenters. The average molecular weight is 445 g/mol. The number of ether oxygens (including phenoxy) is 1. The Kier molecular flexibility index (Phi) is 7.82. The summed E-state index contributed by atoms with van der Waals surface area (Å²) in [6.45, 7) is 1.51. The molecule has 0 saturated heterocycles. The van der Waals surface area contributed by atoms with Gasteiger partial charge >= 0.3 is 0 Å². The Morgan fingerprint density at radius 2 is 1.69 bits per heavy atom. The Hall–Kier alpha value is -2.80. The lowest BCUT2D eigenvalue weighted by molar-refractivity contribution is 0.262. The van der Waals surface area contributed by atoms with Crippen molar-refractivity contribution in [2.75, 3.05) is 13.2 Å². The zero-order valence-corrected chi connectivity index (χ0v) is 19.0. The van der Waals surface area contributed by atoms with Crippen molar-refractivity contribution in [3.05, 3.63) is 83.1 Å². The number of rotatable bonds is 9. The third-order valence-electron chi connectivity index (χ3n) is 5.86. The van der Waals surface area contributed by atoms with Gasteiger partial charge in [0.1, 0.15) is 11.4 Å². The molecular formula is C28H29ClN2O. The lowest BCUT2D eigenvalue weighted by Gasteiger charge is -2.16. The maximum Gasteiger partial charge on any atom is 0.119 e. The summed E-state index contributed by atoms with van der Waals surface area (Å²) in [5.41, 5.74) is 9.58. The Bertz CT molecular complexity index is 1050. The van der Waals surface area contributed by atoms with Crippen LogP contribution in [0.2, 0.25) is 5.02 Å². The molecule has 0 radical (unpaired) electrons. The molecule has 32 heavy (non-hydrogen) atoms. The van der Waals surface area contributed by atoms with Crippen LogP contribution in [0.15, 0.2) is 66.9 Å². The Balaban J connectivity index is 1.28. The van der Waals surface area contributed by atoms with Gasteiger partial charge in [-0.3, -0.25) is 0 Å². The van der Waals surface area contributed by atoms with Gasteiger partial charge in [0.05, 0.1) is 6.61 Å². The van der Waals surface area contributed by atoms with Gasteiger partial charge in [-0.15, -0.1) is 0 Å². The number of nitrogens with zero attached hydrogens (tertiary/aromatic N) is 1. The predicted octanol–water partition coefficient (Wildman–Crippen LogP) is 6.34. The molecule has 0 aliphatic heterocycles. The van der Waals surface area contributed by atoms with Gasteiger partial charge in [0, 0.05) is 22.3 Å². The zero-order valence-electron chi connectivity index (χ0n) is 18.3. The van der Waals surface area contributed by atoms with E-state index in [1.165, 1.54) is 19.3 Å². The van der Waals surface area contributed by atoms with E-state index >= 15 is 0 Å². The highest BCUT2D eigenvalue weighted by molar-refractivity contribution is 6.30. The zero-order chi connectivity index (χ0) is 22.2. The summed E-state index contributed by atoms with van der Waals surface area (Å²) in [6.07, 6.45) is 8.12. The number of nitrogens with two attached hydrogens (primary N) is 1. The molecule has 1 aliphatic carbocycles. The van der Waals surface area contributed by atoms with Gasteiger partial charge in [0.2, 0.25) is 0 Å². The van der Waals surface area contributed by atoms with E-state index in [1.807, 2.05) is 66.9 Å². The average Bonchev–Trinajstić information content (AvgIpc) is 3.64. The first kappa shape index (κ1) is 22.4. The van der Waals surface area contributed by atoms with Crippen LogP contribution in [0.1, 0.15) is 43.4 Å². The highest BCUT2D eigenvalue weighted by Crippen LogP contribution is 2.37. The molecule has 4 heteroatoms. The predicted molar refractivity (Wildman–Crippen MR) is 132 cm³/mol. The molecule has 1 heterocycles. The summed E-state index contributed by atoms with van der Waals surface area (Å²) in [5, 5.41) is 0.727. The number of hydrogen-bond acceptors (Lipinski definition) is 3. The fourth-order valence-electron chi connectivity index (χ4n) is 3.84. The van der Waals surface area contributed by atoms with Crippen molar-refractivity contribution in [3.8, 4) is 28.7 Å². The Morgan fingerprint density at radius 1 is 0.938 bits per heavy atom. The molecule has 4 rings (SSSR count). The maximum atomic E-state index is 5.96. The second kappa shape index (κ2) is 11.2. The summed E-state index contributed by atoms with van der Waals surface area (Å²) in [7, 11) is 0. The van der Waals surface area contributed by atoms with Gasteiger partial charge in [-0.2, -0.15) is 0 Å². The second-order valence-electron chi connectivity index (χ2n) is 8.47. The van der Waals surface area contributed by atoms with E-state index < -0.39 is 0 Å². The lowest BCUT2D eigenvalue weighted by Crippen LogP contribution is -2.13. The van der Waals surface area contributed by atoms with Gasteiger partial charge in [0.25, 0.3) is 0 Å².